The Morgan fingerprint density at radius 3 is 2.58 bits per heavy atom. The smallest absolute Gasteiger partial charge is 0.290 e. The monoisotopic (exact) mass is 418 g/mol. The Labute approximate surface area is 181 Å². The lowest BCUT2D eigenvalue weighted by Gasteiger charge is -2.17. The van der Waals surface area contributed by atoms with Gasteiger partial charge in [-0.2, -0.15) is 5.10 Å². The fraction of sp³-hybridized carbons (Fsp3) is 0.292. The highest BCUT2D eigenvalue weighted by atomic mass is 16.5. The normalized spacial score (nSPS) is 13.4. The van der Waals surface area contributed by atoms with Crippen LogP contribution in [0.1, 0.15) is 46.2 Å². The van der Waals surface area contributed by atoms with Crippen LogP contribution in [-0.4, -0.2) is 27.7 Å². The first kappa shape index (κ1) is 20.7. The number of para-hydroxylation sites is 1. The minimum Gasteiger partial charge on any atom is -0.481 e. The summed E-state index contributed by atoms with van der Waals surface area (Å²) in [6.45, 7) is 5.58. The minimum atomic E-state index is -0.770. The second kappa shape index (κ2) is 8.63. The largest absolute Gasteiger partial charge is 0.481 e. The molecule has 2 N–H and O–H groups in total. The molecule has 0 spiro atoms. The van der Waals surface area contributed by atoms with Crippen LogP contribution < -0.4 is 15.6 Å². The van der Waals surface area contributed by atoms with Gasteiger partial charge >= 0.3 is 0 Å². The van der Waals surface area contributed by atoms with Gasteiger partial charge in [0.25, 0.3) is 11.8 Å². The molecule has 2 amide bonds. The highest BCUT2D eigenvalue weighted by Crippen LogP contribution is 2.27. The molecule has 3 aromatic rings. The molecule has 0 saturated carbocycles. The molecule has 1 heterocycles. The van der Waals surface area contributed by atoms with Gasteiger partial charge in [-0.25, -0.2) is 4.68 Å². The van der Waals surface area contributed by atoms with Crippen LogP contribution in [0, 0.1) is 13.8 Å². The Morgan fingerprint density at radius 2 is 1.81 bits per heavy atom. The molecule has 160 valence electrons. The number of aromatic nitrogens is 2. The van der Waals surface area contributed by atoms with Gasteiger partial charge in [-0.1, -0.05) is 30.3 Å². The molecule has 0 radical (unpaired) electrons. The van der Waals surface area contributed by atoms with Crippen molar-refractivity contribution in [3.8, 4) is 11.4 Å². The van der Waals surface area contributed by atoms with Crippen LogP contribution in [0.3, 0.4) is 0 Å². The summed E-state index contributed by atoms with van der Waals surface area (Å²) >= 11 is 0. The first-order valence-electron chi connectivity index (χ1n) is 10.4. The predicted octanol–water partition coefficient (Wildman–Crippen LogP) is 3.21. The van der Waals surface area contributed by atoms with E-state index in [1.807, 2.05) is 67.1 Å². The van der Waals surface area contributed by atoms with Gasteiger partial charge in [-0.05, 0) is 69.4 Å². The van der Waals surface area contributed by atoms with E-state index in [0.29, 0.717) is 11.4 Å². The Hall–Kier alpha value is -3.61. The van der Waals surface area contributed by atoms with E-state index in [9.17, 15) is 9.59 Å². The Kier molecular flexibility index (Phi) is 5.75. The molecule has 7 nitrogen and oxygen atoms in total. The number of benzene rings is 2. The number of carbonyl (C=O) groups is 2. The highest BCUT2D eigenvalue weighted by molar-refractivity contribution is 5.95. The van der Waals surface area contributed by atoms with Gasteiger partial charge in [-0.15, -0.1) is 0 Å². The lowest BCUT2D eigenvalue weighted by molar-refractivity contribution is -0.128. The van der Waals surface area contributed by atoms with Crippen LogP contribution in [0.15, 0.2) is 48.5 Å². The van der Waals surface area contributed by atoms with Crippen molar-refractivity contribution in [2.75, 3.05) is 0 Å². The molecule has 1 unspecified atom stereocenters. The topological polar surface area (TPSA) is 85.2 Å². The number of nitrogens with zero attached hydrogens (tertiary/aromatic N) is 2. The van der Waals surface area contributed by atoms with E-state index in [0.717, 1.165) is 47.3 Å². The molecule has 0 fully saturated rings. The molecule has 31 heavy (non-hydrogen) atoms. The molecule has 1 aromatic heterocycles. The minimum absolute atomic E-state index is 0.347. The molecular weight excluding hydrogens is 392 g/mol. The van der Waals surface area contributed by atoms with Crippen LogP contribution in [0.4, 0.5) is 0 Å². The van der Waals surface area contributed by atoms with E-state index in [4.69, 9.17) is 4.74 Å². The van der Waals surface area contributed by atoms with Crippen LogP contribution in [0.5, 0.6) is 5.75 Å². The Morgan fingerprint density at radius 1 is 1.03 bits per heavy atom. The summed E-state index contributed by atoms with van der Waals surface area (Å²) in [7, 11) is 0. The standard InChI is InChI=1S/C24H26N4O3/c1-15-9-7-14-21(16(15)2)31-17(3)23(29)25-26-24(30)22-19-12-8-13-20(19)28(27-22)18-10-5-4-6-11-18/h4-7,9-11,14,17H,8,12-13H2,1-3H3,(H,25,29)(H,26,30). The maximum atomic E-state index is 12.8. The summed E-state index contributed by atoms with van der Waals surface area (Å²) in [5.74, 6) is -0.220. The highest BCUT2D eigenvalue weighted by Gasteiger charge is 2.27. The van der Waals surface area contributed by atoms with Gasteiger partial charge in [0.2, 0.25) is 0 Å². The third kappa shape index (κ3) is 4.17. The lowest BCUT2D eigenvalue weighted by atomic mass is 10.1. The number of ether oxygens (including phenoxy) is 1. The summed E-state index contributed by atoms with van der Waals surface area (Å²) in [6, 6.07) is 15.4. The SMILES string of the molecule is Cc1cccc(OC(C)C(=O)NNC(=O)c2nn(-c3ccccc3)c3c2CCC3)c1C. The number of fused-ring (bicyclic) bond motifs is 1. The quantitative estimate of drug-likeness (QED) is 0.623. The number of aryl methyl sites for hydroxylation is 1. The zero-order chi connectivity index (χ0) is 22.0. The number of amides is 2. The van der Waals surface area contributed by atoms with E-state index in [1.165, 1.54) is 0 Å². The van der Waals surface area contributed by atoms with Crippen molar-refractivity contribution in [2.45, 2.75) is 46.1 Å². The zero-order valence-electron chi connectivity index (χ0n) is 17.9. The van der Waals surface area contributed by atoms with Gasteiger partial charge in [0.05, 0.1) is 5.69 Å². The van der Waals surface area contributed by atoms with Gasteiger partial charge < -0.3 is 4.74 Å². The molecule has 7 heteroatoms. The van der Waals surface area contributed by atoms with Crippen LogP contribution in [0.2, 0.25) is 0 Å². The first-order chi connectivity index (χ1) is 15.0. The number of nitrogens with one attached hydrogen (secondary N) is 2. The number of carbonyl (C=O) groups excluding carboxylic acids is 2. The van der Waals surface area contributed by atoms with Crippen molar-refractivity contribution in [2.24, 2.45) is 0 Å². The molecule has 0 bridgehead atoms. The number of hydrazine groups is 1. The van der Waals surface area contributed by atoms with E-state index < -0.39 is 17.9 Å². The molecule has 0 saturated heterocycles. The number of hydrogen-bond acceptors (Lipinski definition) is 4. The number of hydrogen-bond donors (Lipinski definition) is 2. The van der Waals surface area contributed by atoms with Gasteiger partial charge in [0, 0.05) is 11.3 Å². The Bertz CT molecular complexity index is 1120. The van der Waals surface area contributed by atoms with Crippen LogP contribution >= 0.6 is 0 Å². The van der Waals surface area contributed by atoms with Gasteiger partial charge in [0.1, 0.15) is 5.75 Å². The summed E-state index contributed by atoms with van der Waals surface area (Å²) in [5.41, 5.74) is 10.3. The molecule has 2 aromatic carbocycles. The van der Waals surface area contributed by atoms with Crippen molar-refractivity contribution in [3.63, 3.8) is 0 Å². The van der Waals surface area contributed by atoms with Crippen molar-refractivity contribution in [3.05, 3.63) is 76.6 Å². The zero-order valence-corrected chi connectivity index (χ0v) is 17.9. The predicted molar refractivity (Wildman–Crippen MR) is 117 cm³/mol. The summed E-state index contributed by atoms with van der Waals surface area (Å²) < 4.78 is 7.60. The summed E-state index contributed by atoms with van der Waals surface area (Å²) in [6.07, 6.45) is 1.88. The third-order valence-electron chi connectivity index (χ3n) is 5.67. The second-order valence-electron chi connectivity index (χ2n) is 7.78. The van der Waals surface area contributed by atoms with E-state index in [1.54, 1.807) is 6.92 Å². The first-order valence-corrected chi connectivity index (χ1v) is 10.4. The second-order valence-corrected chi connectivity index (χ2v) is 7.78. The van der Waals surface area contributed by atoms with Gasteiger partial charge in [-0.3, -0.25) is 20.4 Å². The summed E-state index contributed by atoms with van der Waals surface area (Å²) in [4.78, 5) is 25.3. The fourth-order valence-electron chi connectivity index (χ4n) is 3.78. The van der Waals surface area contributed by atoms with Crippen molar-refractivity contribution in [1.82, 2.24) is 20.6 Å². The summed E-state index contributed by atoms with van der Waals surface area (Å²) in [5, 5.41) is 4.54. The van der Waals surface area contributed by atoms with Crippen LogP contribution in [0.25, 0.3) is 5.69 Å². The van der Waals surface area contributed by atoms with Crippen LogP contribution in [-0.2, 0) is 17.6 Å². The van der Waals surface area contributed by atoms with Crippen molar-refractivity contribution < 1.29 is 14.3 Å². The molecule has 0 aliphatic heterocycles. The van der Waals surface area contributed by atoms with E-state index in [-0.39, 0.29) is 0 Å². The molecule has 1 aliphatic rings. The average molecular weight is 418 g/mol. The maximum Gasteiger partial charge on any atom is 0.290 e. The van der Waals surface area contributed by atoms with E-state index >= 15 is 0 Å². The van der Waals surface area contributed by atoms with Gasteiger partial charge in [0.15, 0.2) is 11.8 Å². The molecule has 4 rings (SSSR count). The number of rotatable bonds is 5. The molecular formula is C24H26N4O3. The fourth-order valence-corrected chi connectivity index (χ4v) is 3.78. The van der Waals surface area contributed by atoms with Crippen molar-refractivity contribution >= 4 is 11.8 Å². The lowest BCUT2D eigenvalue weighted by Crippen LogP contribution is -2.47. The third-order valence-corrected chi connectivity index (χ3v) is 5.67. The van der Waals surface area contributed by atoms with E-state index in [2.05, 4.69) is 16.0 Å². The molecule has 1 atom stereocenters. The molecule has 1 aliphatic carbocycles. The maximum absolute atomic E-state index is 12.8. The average Bonchev–Trinajstić information content (AvgIpc) is 3.38. The van der Waals surface area contributed by atoms with Crippen molar-refractivity contribution in [1.29, 1.82) is 0 Å². The Balaban J connectivity index is 1.43.